The van der Waals surface area contributed by atoms with E-state index in [9.17, 15) is 20.1 Å². The highest BCUT2D eigenvalue weighted by atomic mass is 35.5. The number of allylic oxidation sites excluding steroid dienone is 3. The van der Waals surface area contributed by atoms with Gasteiger partial charge in [-0.2, -0.15) is 0 Å². The van der Waals surface area contributed by atoms with E-state index in [-0.39, 0.29) is 11.3 Å². The number of furan rings is 1. The molecule has 0 saturated heterocycles. The SMILES string of the molecule is CC(=O)/C(O)=C(/O)C1=C(O)C2(c3cc(Cl)ccc31)c1ccccc1-c1c(-c3ccccc3)oc(-c3ccccc3)c12. The molecule has 0 amide bonds. The van der Waals surface area contributed by atoms with Gasteiger partial charge in [-0.25, -0.2) is 0 Å². The Hall–Kier alpha value is -5.00. The Morgan fingerprint density at radius 2 is 1.37 bits per heavy atom. The Bertz CT molecular complexity index is 1950. The standard InChI is InChI=1S/C35H23ClO5/c1-19(37)30(38)31(39)28-24-17-16-22(36)18-26(24)35(34(28)40)25-15-9-8-14-23(25)27-29(35)33(21-12-6-3-7-13-21)41-32(27)20-10-4-2-5-11-20/h2-18,38-40H,1H3/b31-30-. The van der Waals surface area contributed by atoms with E-state index < -0.39 is 22.7 Å². The summed E-state index contributed by atoms with van der Waals surface area (Å²) < 4.78 is 6.73. The third kappa shape index (κ3) is 3.33. The summed E-state index contributed by atoms with van der Waals surface area (Å²) in [5, 5.41) is 34.6. The lowest BCUT2D eigenvalue weighted by Gasteiger charge is -2.29. The van der Waals surface area contributed by atoms with Crippen LogP contribution in [-0.2, 0) is 10.2 Å². The molecule has 6 heteroatoms. The van der Waals surface area contributed by atoms with Gasteiger partial charge in [-0.05, 0) is 34.4 Å². The monoisotopic (exact) mass is 558 g/mol. The van der Waals surface area contributed by atoms with E-state index in [0.29, 0.717) is 33.2 Å². The van der Waals surface area contributed by atoms with Gasteiger partial charge < -0.3 is 19.7 Å². The molecule has 200 valence electrons. The first-order chi connectivity index (χ1) is 19.9. The van der Waals surface area contributed by atoms with Crippen LogP contribution in [0, 0.1) is 0 Å². The van der Waals surface area contributed by atoms with Gasteiger partial charge in [0.25, 0.3) is 0 Å². The number of benzene rings is 4. The molecule has 0 bridgehead atoms. The molecule has 1 atom stereocenters. The minimum atomic E-state index is -1.35. The summed E-state index contributed by atoms with van der Waals surface area (Å²) in [6, 6.07) is 32.2. The molecular formula is C35H23ClO5. The second-order valence-corrected chi connectivity index (χ2v) is 10.6. The number of rotatable bonds is 4. The van der Waals surface area contributed by atoms with Crippen molar-refractivity contribution >= 4 is 23.0 Å². The highest BCUT2D eigenvalue weighted by Crippen LogP contribution is 2.66. The Balaban J connectivity index is 1.70. The Morgan fingerprint density at radius 1 is 0.756 bits per heavy atom. The van der Waals surface area contributed by atoms with Gasteiger partial charge in [0, 0.05) is 34.2 Å². The highest BCUT2D eigenvalue weighted by Gasteiger charge is 2.58. The van der Waals surface area contributed by atoms with Crippen LogP contribution in [0.5, 0.6) is 0 Å². The zero-order chi connectivity index (χ0) is 28.5. The van der Waals surface area contributed by atoms with Gasteiger partial charge >= 0.3 is 0 Å². The van der Waals surface area contributed by atoms with Crippen molar-refractivity contribution in [3.63, 3.8) is 0 Å². The number of aliphatic hydroxyl groups is 3. The van der Waals surface area contributed by atoms with Crippen molar-refractivity contribution in [3.8, 4) is 33.8 Å². The van der Waals surface area contributed by atoms with Crippen molar-refractivity contribution in [3.05, 3.63) is 148 Å². The fourth-order valence-corrected chi connectivity index (χ4v) is 6.50. The molecular weight excluding hydrogens is 536 g/mol. The second-order valence-electron chi connectivity index (χ2n) is 10.2. The van der Waals surface area contributed by atoms with Gasteiger partial charge in [-0.1, -0.05) is 103 Å². The summed E-state index contributed by atoms with van der Waals surface area (Å²) in [7, 11) is 0. The first kappa shape index (κ1) is 25.0. The quantitative estimate of drug-likeness (QED) is 0.151. The summed E-state index contributed by atoms with van der Waals surface area (Å²) in [4.78, 5) is 12.1. The molecule has 1 unspecified atom stereocenters. The van der Waals surface area contributed by atoms with E-state index in [1.165, 1.54) is 0 Å². The lowest BCUT2D eigenvalue weighted by Crippen LogP contribution is -2.27. The Labute approximate surface area is 240 Å². The largest absolute Gasteiger partial charge is 0.510 e. The lowest BCUT2D eigenvalue weighted by atomic mass is 9.72. The summed E-state index contributed by atoms with van der Waals surface area (Å²) in [5.41, 5.74) is 4.44. The maximum Gasteiger partial charge on any atom is 0.201 e. The van der Waals surface area contributed by atoms with Gasteiger partial charge in [-0.15, -0.1) is 0 Å². The molecule has 1 aromatic heterocycles. The molecule has 0 aliphatic heterocycles. The zero-order valence-corrected chi connectivity index (χ0v) is 22.6. The lowest BCUT2D eigenvalue weighted by molar-refractivity contribution is -0.116. The molecule has 2 aliphatic rings. The van der Waals surface area contributed by atoms with E-state index in [4.69, 9.17) is 16.0 Å². The van der Waals surface area contributed by atoms with Gasteiger partial charge in [0.05, 0.1) is 5.57 Å². The molecule has 5 aromatic rings. The van der Waals surface area contributed by atoms with Crippen molar-refractivity contribution in [1.29, 1.82) is 0 Å². The number of hydrogen-bond acceptors (Lipinski definition) is 5. The van der Waals surface area contributed by atoms with E-state index in [1.54, 1.807) is 18.2 Å². The number of aliphatic hydroxyl groups excluding tert-OH is 3. The molecule has 0 fully saturated rings. The molecule has 2 aliphatic carbocycles. The predicted octanol–water partition coefficient (Wildman–Crippen LogP) is 8.78. The van der Waals surface area contributed by atoms with E-state index in [0.717, 1.165) is 34.7 Å². The average molecular weight is 559 g/mol. The number of carbonyl (C=O) groups excluding carboxylic acids is 1. The topological polar surface area (TPSA) is 90.9 Å². The fraction of sp³-hybridized carbons (Fsp3) is 0.0571. The molecule has 4 aromatic carbocycles. The molecule has 1 spiro atoms. The minimum Gasteiger partial charge on any atom is -0.510 e. The zero-order valence-electron chi connectivity index (χ0n) is 21.9. The van der Waals surface area contributed by atoms with E-state index in [2.05, 4.69) is 0 Å². The van der Waals surface area contributed by atoms with E-state index in [1.807, 2.05) is 84.9 Å². The third-order valence-corrected chi connectivity index (χ3v) is 8.23. The van der Waals surface area contributed by atoms with Crippen LogP contribution in [0.25, 0.3) is 39.3 Å². The third-order valence-electron chi connectivity index (χ3n) is 8.00. The number of Topliss-reactive ketones (excluding diaryl/α,β-unsaturated/α-hetero) is 1. The number of halogens is 1. The van der Waals surface area contributed by atoms with Gasteiger partial charge in [0.2, 0.25) is 5.76 Å². The van der Waals surface area contributed by atoms with Crippen LogP contribution in [0.3, 0.4) is 0 Å². The molecule has 7 rings (SSSR count). The maximum atomic E-state index is 12.4. The molecule has 0 radical (unpaired) electrons. The van der Waals surface area contributed by atoms with Crippen LogP contribution < -0.4 is 0 Å². The fourth-order valence-electron chi connectivity index (χ4n) is 6.33. The van der Waals surface area contributed by atoms with Crippen molar-refractivity contribution < 1.29 is 24.5 Å². The number of ketones is 1. The Morgan fingerprint density at radius 3 is 2.02 bits per heavy atom. The van der Waals surface area contributed by atoms with Crippen LogP contribution >= 0.6 is 11.6 Å². The second kappa shape index (κ2) is 9.01. The maximum absolute atomic E-state index is 12.4. The first-order valence-corrected chi connectivity index (χ1v) is 13.5. The van der Waals surface area contributed by atoms with Crippen LogP contribution in [0.4, 0.5) is 0 Å². The summed E-state index contributed by atoms with van der Waals surface area (Å²) in [6.45, 7) is 1.15. The molecule has 0 saturated carbocycles. The summed E-state index contributed by atoms with van der Waals surface area (Å²) in [5.74, 6) is -1.31. The molecule has 5 nitrogen and oxygen atoms in total. The van der Waals surface area contributed by atoms with Crippen molar-refractivity contribution in [2.24, 2.45) is 0 Å². The van der Waals surface area contributed by atoms with Crippen LogP contribution in [0.1, 0.15) is 29.2 Å². The number of carbonyl (C=O) groups is 1. The first-order valence-electron chi connectivity index (χ1n) is 13.1. The van der Waals surface area contributed by atoms with Crippen molar-refractivity contribution in [2.75, 3.05) is 0 Å². The predicted molar refractivity (Wildman–Crippen MR) is 159 cm³/mol. The van der Waals surface area contributed by atoms with Gasteiger partial charge in [-0.3, -0.25) is 4.79 Å². The normalized spacial score (nSPS) is 17.3. The smallest absolute Gasteiger partial charge is 0.201 e. The van der Waals surface area contributed by atoms with Gasteiger partial charge in [0.15, 0.2) is 11.5 Å². The van der Waals surface area contributed by atoms with E-state index >= 15 is 0 Å². The molecule has 3 N–H and O–H groups in total. The number of hydrogen-bond donors (Lipinski definition) is 3. The molecule has 1 heterocycles. The van der Waals surface area contributed by atoms with Gasteiger partial charge in [0.1, 0.15) is 22.7 Å². The van der Waals surface area contributed by atoms with Crippen LogP contribution in [0.2, 0.25) is 5.02 Å². The van der Waals surface area contributed by atoms with Crippen molar-refractivity contribution in [1.82, 2.24) is 0 Å². The number of fused-ring (bicyclic) bond motifs is 7. The minimum absolute atomic E-state index is 0.0338. The summed E-state index contributed by atoms with van der Waals surface area (Å²) >= 11 is 6.58. The van der Waals surface area contributed by atoms with Crippen LogP contribution in [-0.4, -0.2) is 21.1 Å². The van der Waals surface area contributed by atoms with Crippen LogP contribution in [0.15, 0.2) is 125 Å². The molecule has 41 heavy (non-hydrogen) atoms. The average Bonchev–Trinajstić information content (AvgIpc) is 3.61. The highest BCUT2D eigenvalue weighted by molar-refractivity contribution is 6.30. The summed E-state index contributed by atoms with van der Waals surface area (Å²) in [6.07, 6.45) is 0. The van der Waals surface area contributed by atoms with Crippen molar-refractivity contribution in [2.45, 2.75) is 12.3 Å². The Kier molecular flexibility index (Phi) is 5.50.